The third-order valence-corrected chi connectivity index (χ3v) is 4.96. The first-order chi connectivity index (χ1) is 13.3. The lowest BCUT2D eigenvalue weighted by molar-refractivity contribution is 0.419. The van der Waals surface area contributed by atoms with E-state index in [0.717, 1.165) is 47.6 Å². The van der Waals surface area contributed by atoms with Crippen LogP contribution in [-0.4, -0.2) is 16.7 Å². The summed E-state index contributed by atoms with van der Waals surface area (Å²) in [7, 11) is 1.70. The Morgan fingerprint density at radius 3 is 2.41 bits per heavy atom. The van der Waals surface area contributed by atoms with Crippen LogP contribution in [0.3, 0.4) is 0 Å². The molecule has 0 spiro atoms. The van der Waals surface area contributed by atoms with Crippen molar-refractivity contribution in [1.82, 2.24) is 9.55 Å². The smallest absolute Gasteiger partial charge is 0.146 e. The van der Waals surface area contributed by atoms with Gasteiger partial charge in [-0.2, -0.15) is 0 Å². The summed E-state index contributed by atoms with van der Waals surface area (Å²) in [6.07, 6.45) is 2.11. The predicted octanol–water partition coefficient (Wildman–Crippen LogP) is 5.65. The van der Waals surface area contributed by atoms with Gasteiger partial charge in [0.2, 0.25) is 0 Å². The van der Waals surface area contributed by atoms with E-state index in [1.165, 1.54) is 11.1 Å². The Hall–Kier alpha value is -3.07. The molecule has 0 N–H and O–H groups in total. The van der Waals surface area contributed by atoms with Crippen molar-refractivity contribution in [2.75, 3.05) is 7.11 Å². The normalized spacial score (nSPS) is 11.0. The maximum Gasteiger partial charge on any atom is 0.146 e. The molecule has 0 radical (unpaired) electrons. The van der Waals surface area contributed by atoms with Gasteiger partial charge in [-0.1, -0.05) is 66.2 Å². The topological polar surface area (TPSA) is 27.1 Å². The highest BCUT2D eigenvalue weighted by molar-refractivity contribution is 5.86. The molecule has 0 saturated carbocycles. The number of aryl methyl sites for hydroxylation is 3. The lowest BCUT2D eigenvalue weighted by Gasteiger charge is -2.10. The lowest BCUT2D eigenvalue weighted by Crippen LogP contribution is -2.02. The molecule has 0 fully saturated rings. The fraction of sp³-hybridized carbons (Fsp3) is 0.208. The summed E-state index contributed by atoms with van der Waals surface area (Å²) in [5, 5.41) is 0. The highest BCUT2D eigenvalue weighted by Gasteiger charge is 2.15. The number of methoxy groups -OCH3 is 1. The molecule has 136 valence electrons. The number of hydrogen-bond acceptors (Lipinski definition) is 2. The molecule has 4 rings (SSSR count). The highest BCUT2D eigenvalue weighted by atomic mass is 16.5. The number of hydrogen-bond donors (Lipinski definition) is 0. The Morgan fingerprint density at radius 1 is 0.889 bits per heavy atom. The van der Waals surface area contributed by atoms with Gasteiger partial charge in [0.05, 0.1) is 12.6 Å². The number of nitrogens with zero attached hydrogens (tertiary/aromatic N) is 2. The number of imidazole rings is 1. The molecule has 0 unspecified atom stereocenters. The minimum absolute atomic E-state index is 0.822. The van der Waals surface area contributed by atoms with E-state index in [1.54, 1.807) is 7.11 Å². The Balaban J connectivity index is 1.72. The van der Waals surface area contributed by atoms with Crippen LogP contribution in [0.5, 0.6) is 5.75 Å². The molecule has 0 aliphatic heterocycles. The van der Waals surface area contributed by atoms with Gasteiger partial charge in [-0.15, -0.1) is 0 Å². The maximum atomic E-state index is 5.55. The van der Waals surface area contributed by atoms with Crippen LogP contribution in [0.2, 0.25) is 0 Å². The largest absolute Gasteiger partial charge is 0.494 e. The van der Waals surface area contributed by atoms with Crippen molar-refractivity contribution in [2.45, 2.75) is 26.3 Å². The van der Waals surface area contributed by atoms with Gasteiger partial charge in [0.1, 0.15) is 17.1 Å². The van der Waals surface area contributed by atoms with Gasteiger partial charge in [0.15, 0.2) is 0 Å². The number of fused-ring (bicyclic) bond motifs is 1. The van der Waals surface area contributed by atoms with E-state index in [1.807, 2.05) is 12.1 Å². The second-order valence-corrected chi connectivity index (χ2v) is 6.87. The van der Waals surface area contributed by atoms with Crippen LogP contribution >= 0.6 is 0 Å². The second-order valence-electron chi connectivity index (χ2n) is 6.87. The number of ether oxygens (including phenoxy) is 1. The Morgan fingerprint density at radius 2 is 1.67 bits per heavy atom. The van der Waals surface area contributed by atoms with Gasteiger partial charge >= 0.3 is 0 Å². The molecule has 27 heavy (non-hydrogen) atoms. The molecule has 1 aromatic heterocycles. The minimum atomic E-state index is 0.822. The standard InChI is InChI=1S/C24H24N2O/c1-18-13-15-20(16-14-18)24-25-23-21(11-6-12-22(23)27-2)26(24)17-7-10-19-8-4-3-5-9-19/h3-6,8-9,11-16H,7,10,17H2,1-2H3. The maximum absolute atomic E-state index is 5.55. The molecule has 3 nitrogen and oxygen atoms in total. The van der Waals surface area contributed by atoms with E-state index in [-0.39, 0.29) is 0 Å². The van der Waals surface area contributed by atoms with Crippen LogP contribution in [0.25, 0.3) is 22.4 Å². The number of aromatic nitrogens is 2. The Bertz CT molecular complexity index is 1030. The molecule has 0 saturated heterocycles. The fourth-order valence-electron chi connectivity index (χ4n) is 3.52. The van der Waals surface area contributed by atoms with E-state index >= 15 is 0 Å². The van der Waals surface area contributed by atoms with Gasteiger partial charge in [0, 0.05) is 12.1 Å². The summed E-state index contributed by atoms with van der Waals surface area (Å²) >= 11 is 0. The third-order valence-electron chi connectivity index (χ3n) is 4.96. The fourth-order valence-corrected chi connectivity index (χ4v) is 3.52. The van der Waals surface area contributed by atoms with Gasteiger partial charge in [-0.05, 0) is 37.5 Å². The first kappa shape index (κ1) is 17.3. The zero-order valence-electron chi connectivity index (χ0n) is 15.9. The van der Waals surface area contributed by atoms with Crippen molar-refractivity contribution in [1.29, 1.82) is 0 Å². The predicted molar refractivity (Wildman–Crippen MR) is 111 cm³/mol. The van der Waals surface area contributed by atoms with Crippen molar-refractivity contribution >= 4 is 11.0 Å². The molecule has 0 aliphatic carbocycles. The molecule has 1 heterocycles. The van der Waals surface area contributed by atoms with Crippen molar-refractivity contribution in [2.24, 2.45) is 0 Å². The number of para-hydroxylation sites is 1. The molecule has 3 aromatic carbocycles. The number of benzene rings is 3. The van der Waals surface area contributed by atoms with Crippen LogP contribution in [-0.2, 0) is 13.0 Å². The first-order valence-electron chi connectivity index (χ1n) is 9.40. The summed E-state index contributed by atoms with van der Waals surface area (Å²) in [6.45, 7) is 3.03. The van der Waals surface area contributed by atoms with Gasteiger partial charge in [-0.25, -0.2) is 4.98 Å². The van der Waals surface area contributed by atoms with Crippen LogP contribution in [0.4, 0.5) is 0 Å². The summed E-state index contributed by atoms with van der Waals surface area (Å²) in [4.78, 5) is 4.95. The third kappa shape index (κ3) is 3.59. The monoisotopic (exact) mass is 356 g/mol. The van der Waals surface area contributed by atoms with E-state index in [9.17, 15) is 0 Å². The van der Waals surface area contributed by atoms with Gasteiger partial charge < -0.3 is 9.30 Å². The van der Waals surface area contributed by atoms with Gasteiger partial charge in [0.25, 0.3) is 0 Å². The highest BCUT2D eigenvalue weighted by Crippen LogP contribution is 2.31. The van der Waals surface area contributed by atoms with Crippen LogP contribution < -0.4 is 4.74 Å². The van der Waals surface area contributed by atoms with Gasteiger partial charge in [-0.3, -0.25) is 0 Å². The van der Waals surface area contributed by atoms with Crippen molar-refractivity contribution < 1.29 is 4.74 Å². The summed E-state index contributed by atoms with van der Waals surface area (Å²) in [6, 6.07) is 25.4. The minimum Gasteiger partial charge on any atom is -0.494 e. The lowest BCUT2D eigenvalue weighted by atomic mass is 10.1. The van der Waals surface area contributed by atoms with Crippen LogP contribution in [0.1, 0.15) is 17.5 Å². The quantitative estimate of drug-likeness (QED) is 0.446. The summed E-state index contributed by atoms with van der Waals surface area (Å²) < 4.78 is 7.87. The molecule has 4 aromatic rings. The van der Waals surface area contributed by atoms with E-state index < -0.39 is 0 Å². The second kappa shape index (κ2) is 7.67. The Labute approximate surface area is 160 Å². The van der Waals surface area contributed by atoms with E-state index in [4.69, 9.17) is 9.72 Å². The average Bonchev–Trinajstić information content (AvgIpc) is 3.08. The van der Waals surface area contributed by atoms with E-state index in [0.29, 0.717) is 0 Å². The summed E-state index contributed by atoms with van der Waals surface area (Å²) in [5.74, 6) is 1.82. The zero-order chi connectivity index (χ0) is 18.6. The average molecular weight is 356 g/mol. The Kier molecular flexibility index (Phi) is 4.93. The number of rotatable bonds is 6. The molecule has 0 bridgehead atoms. The van der Waals surface area contributed by atoms with E-state index in [2.05, 4.69) is 72.2 Å². The van der Waals surface area contributed by atoms with Crippen LogP contribution in [0.15, 0.2) is 72.8 Å². The van der Waals surface area contributed by atoms with Crippen molar-refractivity contribution in [3.05, 3.63) is 83.9 Å². The zero-order valence-corrected chi connectivity index (χ0v) is 15.9. The molecule has 0 aliphatic rings. The van der Waals surface area contributed by atoms with Crippen LogP contribution in [0, 0.1) is 6.92 Å². The molecule has 0 amide bonds. The molecule has 3 heteroatoms. The van der Waals surface area contributed by atoms with Crippen molar-refractivity contribution in [3.8, 4) is 17.1 Å². The first-order valence-corrected chi connectivity index (χ1v) is 9.40. The van der Waals surface area contributed by atoms with Crippen molar-refractivity contribution in [3.63, 3.8) is 0 Å². The molecular formula is C24H24N2O. The SMILES string of the molecule is COc1cccc2c1nc(-c1ccc(C)cc1)n2CCCc1ccccc1. The molecule has 0 atom stereocenters. The molecular weight excluding hydrogens is 332 g/mol. The summed E-state index contributed by atoms with van der Waals surface area (Å²) in [5.41, 5.74) is 5.81.